The lowest BCUT2D eigenvalue weighted by Crippen LogP contribution is -2.29. The van der Waals surface area contributed by atoms with Gasteiger partial charge in [-0.3, -0.25) is 0 Å². The predicted octanol–water partition coefficient (Wildman–Crippen LogP) is 5.96. The van der Waals surface area contributed by atoms with Gasteiger partial charge >= 0.3 is 0 Å². The molecule has 4 aromatic rings. The summed E-state index contributed by atoms with van der Waals surface area (Å²) in [5, 5.41) is 11.3. The van der Waals surface area contributed by atoms with Crippen molar-refractivity contribution in [3.05, 3.63) is 108 Å². The van der Waals surface area contributed by atoms with Gasteiger partial charge in [0.25, 0.3) is 0 Å². The number of hydrogen-bond acceptors (Lipinski definition) is 3. The van der Waals surface area contributed by atoms with E-state index in [4.69, 9.17) is 9.47 Å². The first-order chi connectivity index (χ1) is 15.2. The zero-order valence-electron chi connectivity index (χ0n) is 17.4. The van der Waals surface area contributed by atoms with Crippen LogP contribution in [0.4, 0.5) is 0 Å². The number of fused-ring (bicyclic) bond motifs is 3. The van der Waals surface area contributed by atoms with Gasteiger partial charge in [-0.1, -0.05) is 60.7 Å². The number of benzene rings is 4. The lowest BCUT2D eigenvalue weighted by atomic mass is 10.0. The molecular formula is C27H23O3S+. The van der Waals surface area contributed by atoms with Crippen LogP contribution in [0.5, 0.6) is 5.75 Å². The monoisotopic (exact) mass is 427 g/mol. The van der Waals surface area contributed by atoms with Gasteiger partial charge in [0.05, 0.1) is 0 Å². The highest BCUT2D eigenvalue weighted by molar-refractivity contribution is 7.97. The summed E-state index contributed by atoms with van der Waals surface area (Å²) in [6.07, 6.45) is 0. The molecule has 0 spiro atoms. The fraction of sp³-hybridized carbons (Fsp3) is 0.111. The standard InChI is InChI=1S/C27H22O3S/c1-29-27(30-2)23-16-10-9-15-21(23)22-17-26(25(28)18-24(22)27)31(19-11-5-3-6-12-19)20-13-7-4-8-14-20/h3-18H,1-2H3/p+1. The topological polar surface area (TPSA) is 38.7 Å². The van der Waals surface area contributed by atoms with Crippen molar-refractivity contribution >= 4 is 10.9 Å². The Morgan fingerprint density at radius 2 is 1.19 bits per heavy atom. The molecule has 3 nitrogen and oxygen atoms in total. The maximum atomic E-state index is 11.3. The fourth-order valence-corrected chi connectivity index (χ4v) is 6.55. The molecule has 1 aliphatic rings. The van der Waals surface area contributed by atoms with Crippen LogP contribution in [-0.2, 0) is 26.2 Å². The molecule has 0 aromatic heterocycles. The fourth-order valence-electron chi connectivity index (χ4n) is 4.40. The number of aromatic hydroxyl groups is 1. The Balaban J connectivity index is 1.77. The van der Waals surface area contributed by atoms with Crippen molar-refractivity contribution < 1.29 is 14.6 Å². The van der Waals surface area contributed by atoms with E-state index in [0.29, 0.717) is 0 Å². The van der Waals surface area contributed by atoms with E-state index in [1.54, 1.807) is 14.2 Å². The van der Waals surface area contributed by atoms with Gasteiger partial charge in [-0.2, -0.15) is 0 Å². The smallest absolute Gasteiger partial charge is 0.223 e. The van der Waals surface area contributed by atoms with Crippen LogP contribution in [0.15, 0.2) is 112 Å². The van der Waals surface area contributed by atoms with Gasteiger partial charge < -0.3 is 14.6 Å². The molecule has 0 fully saturated rings. The summed E-state index contributed by atoms with van der Waals surface area (Å²) in [6, 6.07) is 32.7. The first-order valence-corrected chi connectivity index (χ1v) is 11.3. The number of hydrogen-bond donors (Lipinski definition) is 1. The van der Waals surface area contributed by atoms with Crippen molar-refractivity contribution in [3.63, 3.8) is 0 Å². The zero-order valence-corrected chi connectivity index (χ0v) is 18.2. The third kappa shape index (κ3) is 3.07. The number of phenolic OH excluding ortho intramolecular Hbond substituents is 1. The highest BCUT2D eigenvalue weighted by atomic mass is 32.2. The van der Waals surface area contributed by atoms with Crippen LogP contribution in [0.3, 0.4) is 0 Å². The molecule has 5 rings (SSSR count). The molecule has 1 aliphatic carbocycles. The Labute approximate surface area is 185 Å². The quantitative estimate of drug-likeness (QED) is 0.315. The molecule has 4 aromatic carbocycles. The van der Waals surface area contributed by atoms with Crippen LogP contribution in [0.1, 0.15) is 11.1 Å². The Kier molecular flexibility index (Phi) is 5.06. The average molecular weight is 428 g/mol. The predicted molar refractivity (Wildman–Crippen MR) is 123 cm³/mol. The van der Waals surface area contributed by atoms with Gasteiger partial charge in [0.15, 0.2) is 15.5 Å². The second-order valence-electron chi connectivity index (χ2n) is 7.37. The maximum Gasteiger partial charge on any atom is 0.223 e. The molecule has 0 atom stereocenters. The van der Waals surface area contributed by atoms with Crippen LogP contribution >= 0.6 is 0 Å². The van der Waals surface area contributed by atoms with E-state index < -0.39 is 16.7 Å². The van der Waals surface area contributed by atoms with Crippen molar-refractivity contribution in [1.82, 2.24) is 0 Å². The minimum Gasteiger partial charge on any atom is -0.503 e. The van der Waals surface area contributed by atoms with Gasteiger partial charge in [-0.15, -0.1) is 0 Å². The van der Waals surface area contributed by atoms with Crippen molar-refractivity contribution in [2.75, 3.05) is 14.2 Å². The molecule has 0 heterocycles. The summed E-state index contributed by atoms with van der Waals surface area (Å²) in [6.45, 7) is 0. The van der Waals surface area contributed by atoms with Gasteiger partial charge in [0.1, 0.15) is 10.9 Å². The molecule has 1 N–H and O–H groups in total. The van der Waals surface area contributed by atoms with Crippen molar-refractivity contribution in [2.45, 2.75) is 20.5 Å². The molecule has 0 aliphatic heterocycles. The first-order valence-electron chi connectivity index (χ1n) is 10.1. The minimum atomic E-state index is -1.03. The van der Waals surface area contributed by atoms with Crippen LogP contribution in [-0.4, -0.2) is 19.3 Å². The van der Waals surface area contributed by atoms with E-state index >= 15 is 0 Å². The number of ether oxygens (including phenoxy) is 2. The largest absolute Gasteiger partial charge is 0.503 e. The second-order valence-corrected chi connectivity index (χ2v) is 9.36. The molecule has 0 bridgehead atoms. The van der Waals surface area contributed by atoms with E-state index in [1.807, 2.05) is 60.7 Å². The lowest BCUT2D eigenvalue weighted by Gasteiger charge is -2.28. The molecule has 0 saturated carbocycles. The Morgan fingerprint density at radius 1 is 0.645 bits per heavy atom. The van der Waals surface area contributed by atoms with E-state index in [2.05, 4.69) is 36.4 Å². The Bertz CT molecular complexity index is 1180. The molecule has 0 saturated heterocycles. The molecule has 0 amide bonds. The Hall–Kier alpha value is -3.05. The summed E-state index contributed by atoms with van der Waals surface area (Å²) in [5.41, 5.74) is 3.86. The number of phenols is 1. The minimum absolute atomic E-state index is 0.237. The summed E-state index contributed by atoms with van der Waals surface area (Å²) in [7, 11) is 2.82. The number of methoxy groups -OCH3 is 2. The molecule has 0 radical (unpaired) electrons. The SMILES string of the molecule is COC1(OC)c2ccccc2-c2cc([S+](c3ccccc3)c3ccccc3)c(O)cc21. The van der Waals surface area contributed by atoms with Crippen LogP contribution < -0.4 is 0 Å². The lowest BCUT2D eigenvalue weighted by molar-refractivity contribution is -0.180. The third-order valence-corrected chi connectivity index (χ3v) is 8.03. The van der Waals surface area contributed by atoms with Gasteiger partial charge in [0.2, 0.25) is 10.7 Å². The van der Waals surface area contributed by atoms with E-state index in [-0.39, 0.29) is 5.75 Å². The molecule has 4 heteroatoms. The summed E-state index contributed by atoms with van der Waals surface area (Å²) in [5.74, 6) is -0.791. The number of rotatable bonds is 5. The summed E-state index contributed by atoms with van der Waals surface area (Å²) < 4.78 is 11.8. The van der Waals surface area contributed by atoms with Gasteiger partial charge in [-0.25, -0.2) is 0 Å². The molecule has 31 heavy (non-hydrogen) atoms. The summed E-state index contributed by atoms with van der Waals surface area (Å²) in [4.78, 5) is 3.19. The average Bonchev–Trinajstić information content (AvgIpc) is 3.10. The van der Waals surface area contributed by atoms with E-state index in [0.717, 1.165) is 36.9 Å². The first kappa shape index (κ1) is 19.9. The third-order valence-electron chi connectivity index (χ3n) is 5.78. The molecule has 0 unspecified atom stereocenters. The summed E-state index contributed by atoms with van der Waals surface area (Å²) >= 11 is 0. The van der Waals surface area contributed by atoms with Crippen LogP contribution in [0.25, 0.3) is 11.1 Å². The molecular weight excluding hydrogens is 404 g/mol. The van der Waals surface area contributed by atoms with Crippen LogP contribution in [0, 0.1) is 0 Å². The maximum absolute atomic E-state index is 11.3. The van der Waals surface area contributed by atoms with Gasteiger partial charge in [0, 0.05) is 31.4 Å². The van der Waals surface area contributed by atoms with Crippen molar-refractivity contribution in [1.29, 1.82) is 0 Å². The zero-order chi connectivity index (χ0) is 21.4. The van der Waals surface area contributed by atoms with Crippen molar-refractivity contribution in [2.24, 2.45) is 0 Å². The van der Waals surface area contributed by atoms with Crippen molar-refractivity contribution in [3.8, 4) is 16.9 Å². The highest BCUT2D eigenvalue weighted by Gasteiger charge is 2.46. The normalized spacial score (nSPS) is 13.8. The van der Waals surface area contributed by atoms with E-state index in [9.17, 15) is 5.11 Å². The Morgan fingerprint density at radius 3 is 1.77 bits per heavy atom. The van der Waals surface area contributed by atoms with Gasteiger partial charge in [-0.05, 0) is 41.5 Å². The van der Waals surface area contributed by atoms with Crippen LogP contribution in [0.2, 0.25) is 0 Å². The highest BCUT2D eigenvalue weighted by Crippen LogP contribution is 2.52. The van der Waals surface area contributed by atoms with E-state index in [1.165, 1.54) is 0 Å². The molecule has 154 valence electrons. The second kappa shape index (κ2) is 7.89.